The summed E-state index contributed by atoms with van der Waals surface area (Å²) in [5, 5.41) is 11.4. The van der Waals surface area contributed by atoms with Crippen LogP contribution in [0.1, 0.15) is 17.4 Å². The van der Waals surface area contributed by atoms with Crippen molar-refractivity contribution in [1.82, 2.24) is 14.5 Å². The number of hydrogen-bond acceptors (Lipinski definition) is 3. The van der Waals surface area contributed by atoms with Crippen LogP contribution in [0.25, 0.3) is 75.2 Å². The molecule has 0 saturated carbocycles. The van der Waals surface area contributed by atoms with Crippen LogP contribution in [-0.2, 0) is 0 Å². The molecule has 5 heteroatoms. The van der Waals surface area contributed by atoms with E-state index in [4.69, 9.17) is 4.99 Å². The Labute approximate surface area is 297 Å². The predicted molar refractivity (Wildman–Crippen MR) is 216 cm³/mol. The van der Waals surface area contributed by atoms with Crippen LogP contribution in [0.5, 0.6) is 0 Å². The summed E-state index contributed by atoms with van der Waals surface area (Å²) in [6, 6.07) is 58.9. The Bertz CT molecular complexity index is 3050. The van der Waals surface area contributed by atoms with Gasteiger partial charge in [0, 0.05) is 58.7 Å². The smallest absolute Gasteiger partial charge is 0.201 e. The number of aromatic nitrogens is 2. The summed E-state index contributed by atoms with van der Waals surface area (Å²) in [6.07, 6.45) is 1.84. The first-order valence-corrected chi connectivity index (χ1v) is 18.2. The third-order valence-corrected chi connectivity index (χ3v) is 11.6. The second kappa shape index (κ2) is 11.0. The van der Waals surface area contributed by atoms with Crippen LogP contribution in [0, 0.1) is 0 Å². The summed E-state index contributed by atoms with van der Waals surface area (Å²) in [5.41, 5.74) is 10.1. The van der Waals surface area contributed by atoms with Gasteiger partial charge in [0.1, 0.15) is 0 Å². The van der Waals surface area contributed by atoms with E-state index < -0.39 is 0 Å². The van der Waals surface area contributed by atoms with Gasteiger partial charge in [-0.15, -0.1) is 11.3 Å². The molecule has 3 aromatic heterocycles. The first kappa shape index (κ1) is 28.4. The van der Waals surface area contributed by atoms with E-state index in [1.165, 1.54) is 52.8 Å². The number of thiophene rings is 1. The number of aliphatic imine (C=N–C) groups is 1. The molecule has 10 aromatic rings. The van der Waals surface area contributed by atoms with Crippen molar-refractivity contribution in [2.75, 3.05) is 0 Å². The van der Waals surface area contributed by atoms with Gasteiger partial charge in [0.2, 0.25) is 6.29 Å². The van der Waals surface area contributed by atoms with E-state index in [9.17, 15) is 0 Å². The molecule has 240 valence electrons. The van der Waals surface area contributed by atoms with Gasteiger partial charge >= 0.3 is 0 Å². The Balaban J connectivity index is 1.20. The van der Waals surface area contributed by atoms with Crippen molar-refractivity contribution >= 4 is 86.5 Å². The maximum absolute atomic E-state index is 5.59. The van der Waals surface area contributed by atoms with Gasteiger partial charge in [-0.25, -0.2) is 4.99 Å². The number of nitrogens with zero attached hydrogens (tertiary/aromatic N) is 3. The van der Waals surface area contributed by atoms with Gasteiger partial charge in [0.05, 0.1) is 27.8 Å². The molecule has 51 heavy (non-hydrogen) atoms. The summed E-state index contributed by atoms with van der Waals surface area (Å²) < 4.78 is 7.35. The van der Waals surface area contributed by atoms with Crippen LogP contribution < -0.4 is 5.32 Å². The minimum Gasteiger partial charge on any atom is -0.346 e. The zero-order valence-electron chi connectivity index (χ0n) is 27.5. The summed E-state index contributed by atoms with van der Waals surface area (Å²) in [7, 11) is 0. The topological polar surface area (TPSA) is 34.2 Å². The molecule has 0 aliphatic carbocycles. The average molecular weight is 671 g/mol. The molecular weight excluding hydrogens is 641 g/mol. The van der Waals surface area contributed by atoms with E-state index in [2.05, 4.69) is 184 Å². The number of benzene rings is 7. The number of hydrogen-bond donors (Lipinski definition) is 1. The molecule has 11 rings (SSSR count). The van der Waals surface area contributed by atoms with E-state index in [0.717, 1.165) is 39.3 Å². The highest BCUT2D eigenvalue weighted by molar-refractivity contribution is 7.26. The van der Waals surface area contributed by atoms with Crippen molar-refractivity contribution in [2.24, 2.45) is 4.99 Å². The molecule has 0 fully saturated rings. The maximum Gasteiger partial charge on any atom is 0.201 e. The first-order valence-electron chi connectivity index (χ1n) is 17.3. The highest BCUT2D eigenvalue weighted by atomic mass is 32.1. The standard InChI is InChI=1S/C46H30N4S/c1-3-14-29(15-4-1)38-27-39(35-22-13-21-34-33-20-9-12-25-44(33)51-45(34)35)48-46(47-38)50-41-24-11-8-19-32(41)37-26-36-31-18-7-10-23-40(31)49(42(36)28-43(37)50)30-16-5-2-6-17-30/h1-28,46-47H. The average Bonchev–Trinajstić information content (AvgIpc) is 3.85. The number of nitrogens with one attached hydrogen (secondary N) is 1. The lowest BCUT2D eigenvalue weighted by Gasteiger charge is -2.27. The Hall–Kier alpha value is -6.43. The van der Waals surface area contributed by atoms with Crippen LogP contribution in [0.15, 0.2) is 175 Å². The Kier molecular flexibility index (Phi) is 6.15. The maximum atomic E-state index is 5.59. The molecular formula is C46H30N4S. The van der Waals surface area contributed by atoms with Gasteiger partial charge in [0.25, 0.3) is 0 Å². The quantitative estimate of drug-likeness (QED) is 0.199. The Morgan fingerprint density at radius 1 is 0.510 bits per heavy atom. The summed E-state index contributed by atoms with van der Waals surface area (Å²) >= 11 is 1.85. The van der Waals surface area contributed by atoms with Crippen molar-refractivity contribution in [1.29, 1.82) is 0 Å². The Morgan fingerprint density at radius 2 is 1.16 bits per heavy atom. The van der Waals surface area contributed by atoms with Gasteiger partial charge in [-0.3, -0.25) is 0 Å². The van der Waals surface area contributed by atoms with Crippen LogP contribution in [0.2, 0.25) is 0 Å². The molecule has 4 nitrogen and oxygen atoms in total. The lowest BCUT2D eigenvalue weighted by molar-refractivity contribution is 0.508. The van der Waals surface area contributed by atoms with Crippen LogP contribution in [0.4, 0.5) is 0 Å². The lowest BCUT2D eigenvalue weighted by Crippen LogP contribution is -2.29. The molecule has 0 radical (unpaired) electrons. The van der Waals surface area contributed by atoms with Crippen molar-refractivity contribution in [3.05, 3.63) is 181 Å². The van der Waals surface area contributed by atoms with E-state index in [1.54, 1.807) is 0 Å². The molecule has 7 aromatic carbocycles. The lowest BCUT2D eigenvalue weighted by atomic mass is 10.0. The summed E-state index contributed by atoms with van der Waals surface area (Å²) in [4.78, 5) is 5.59. The van der Waals surface area contributed by atoms with Crippen LogP contribution in [0.3, 0.4) is 0 Å². The van der Waals surface area contributed by atoms with Crippen molar-refractivity contribution < 1.29 is 0 Å². The van der Waals surface area contributed by atoms with Gasteiger partial charge in [-0.1, -0.05) is 121 Å². The largest absolute Gasteiger partial charge is 0.346 e. The molecule has 1 aliphatic heterocycles. The van der Waals surface area contributed by atoms with Gasteiger partial charge in [-0.2, -0.15) is 0 Å². The van der Waals surface area contributed by atoms with E-state index >= 15 is 0 Å². The third-order valence-electron chi connectivity index (χ3n) is 10.4. The van der Waals surface area contributed by atoms with Gasteiger partial charge in [-0.05, 0) is 54.1 Å². The van der Waals surface area contributed by atoms with E-state index in [0.29, 0.717) is 0 Å². The fourth-order valence-electron chi connectivity index (χ4n) is 8.10. The minimum absolute atomic E-state index is 0.390. The zero-order chi connectivity index (χ0) is 33.5. The molecule has 0 bridgehead atoms. The number of allylic oxidation sites excluding steroid dienone is 1. The highest BCUT2D eigenvalue weighted by Gasteiger charge is 2.26. The zero-order valence-corrected chi connectivity index (χ0v) is 28.3. The summed E-state index contributed by atoms with van der Waals surface area (Å²) in [6.45, 7) is 0. The van der Waals surface area contributed by atoms with Crippen LogP contribution >= 0.6 is 11.3 Å². The highest BCUT2D eigenvalue weighted by Crippen LogP contribution is 2.41. The SMILES string of the molecule is C1=C(c2ccccc2)NC(n2c3ccccc3c3cc4c5ccccc5n(-c5ccccc5)c4cc32)N=C1c1cccc2c1sc1ccccc12. The van der Waals surface area contributed by atoms with Gasteiger partial charge in [0.15, 0.2) is 0 Å². The third kappa shape index (κ3) is 4.28. The molecule has 0 saturated heterocycles. The molecule has 0 amide bonds. The molecule has 0 spiro atoms. The monoisotopic (exact) mass is 670 g/mol. The van der Waals surface area contributed by atoms with E-state index in [1.807, 2.05) is 11.3 Å². The molecule has 1 unspecified atom stereocenters. The van der Waals surface area contributed by atoms with E-state index in [-0.39, 0.29) is 6.29 Å². The fraction of sp³-hybridized carbons (Fsp3) is 0.0217. The second-order valence-electron chi connectivity index (χ2n) is 13.2. The number of fused-ring (bicyclic) bond motifs is 9. The molecule has 1 atom stereocenters. The minimum atomic E-state index is -0.390. The molecule has 4 heterocycles. The number of rotatable bonds is 4. The van der Waals surface area contributed by atoms with Crippen molar-refractivity contribution in [3.8, 4) is 5.69 Å². The van der Waals surface area contributed by atoms with Gasteiger partial charge < -0.3 is 14.5 Å². The Morgan fingerprint density at radius 3 is 1.98 bits per heavy atom. The molecule has 1 aliphatic rings. The normalized spacial score (nSPS) is 14.9. The molecule has 1 N–H and O–H groups in total. The first-order chi connectivity index (χ1) is 25.3. The van der Waals surface area contributed by atoms with Crippen molar-refractivity contribution in [2.45, 2.75) is 6.29 Å². The van der Waals surface area contributed by atoms with Crippen LogP contribution in [-0.4, -0.2) is 14.8 Å². The summed E-state index contributed by atoms with van der Waals surface area (Å²) in [5.74, 6) is 0. The fourth-order valence-corrected chi connectivity index (χ4v) is 9.33. The second-order valence-corrected chi connectivity index (χ2v) is 14.3. The van der Waals surface area contributed by atoms with Crippen molar-refractivity contribution in [3.63, 3.8) is 0 Å². The predicted octanol–water partition coefficient (Wildman–Crippen LogP) is 11.8. The number of para-hydroxylation sites is 3.